The Balaban J connectivity index is 2.02. The van der Waals surface area contributed by atoms with Crippen molar-refractivity contribution in [3.8, 4) is 5.75 Å². The van der Waals surface area contributed by atoms with Crippen molar-refractivity contribution in [3.05, 3.63) is 71.9 Å². The highest BCUT2D eigenvalue weighted by Gasteiger charge is 2.03. The van der Waals surface area contributed by atoms with Gasteiger partial charge in [-0.2, -0.15) is 0 Å². The second-order valence-corrected chi connectivity index (χ2v) is 4.88. The molecule has 0 aliphatic carbocycles. The molecule has 0 fully saturated rings. The van der Waals surface area contributed by atoms with Gasteiger partial charge in [-0.05, 0) is 36.8 Å². The Bertz CT molecular complexity index is 678. The van der Waals surface area contributed by atoms with E-state index < -0.39 is 6.10 Å². The largest absolute Gasteiger partial charge is 0.497 e. The van der Waals surface area contributed by atoms with E-state index in [9.17, 15) is 9.90 Å². The fourth-order valence-electron chi connectivity index (χ4n) is 1.97. The normalized spacial score (nSPS) is 12.1. The molecule has 22 heavy (non-hydrogen) atoms. The van der Waals surface area contributed by atoms with Crippen LogP contribution in [0.1, 0.15) is 28.9 Å². The van der Waals surface area contributed by atoms with Crippen molar-refractivity contribution in [2.75, 3.05) is 12.4 Å². The van der Waals surface area contributed by atoms with E-state index in [4.69, 9.17) is 4.74 Å². The second kappa shape index (κ2) is 7.43. The highest BCUT2D eigenvalue weighted by atomic mass is 16.5. The quantitative estimate of drug-likeness (QED) is 0.632. The number of nitrogens with one attached hydrogen (secondary N) is 1. The van der Waals surface area contributed by atoms with Gasteiger partial charge in [-0.25, -0.2) is 0 Å². The highest BCUT2D eigenvalue weighted by Crippen LogP contribution is 2.17. The number of methoxy groups -OCH3 is 1. The maximum absolute atomic E-state index is 12.1. The fourth-order valence-corrected chi connectivity index (χ4v) is 1.97. The Hall–Kier alpha value is -2.59. The first-order valence-corrected chi connectivity index (χ1v) is 6.99. The van der Waals surface area contributed by atoms with Gasteiger partial charge in [0.2, 0.25) is 0 Å². The van der Waals surface area contributed by atoms with Gasteiger partial charge in [0.05, 0.1) is 13.2 Å². The number of allylic oxidation sites excluding steroid dienone is 1. The molecule has 2 aromatic carbocycles. The van der Waals surface area contributed by atoms with E-state index in [0.717, 1.165) is 11.3 Å². The van der Waals surface area contributed by atoms with Crippen molar-refractivity contribution >= 4 is 11.5 Å². The summed E-state index contributed by atoms with van der Waals surface area (Å²) in [6.07, 6.45) is 2.52. The number of ether oxygens (including phenoxy) is 1. The van der Waals surface area contributed by atoms with Crippen LogP contribution in [0.25, 0.3) is 0 Å². The zero-order valence-electron chi connectivity index (χ0n) is 12.6. The van der Waals surface area contributed by atoms with Crippen molar-refractivity contribution < 1.29 is 14.6 Å². The van der Waals surface area contributed by atoms with Crippen LogP contribution in [0, 0.1) is 0 Å². The lowest BCUT2D eigenvalue weighted by Crippen LogP contribution is -1.97. The maximum atomic E-state index is 12.1. The standard InChI is InChI=1S/C18H19NO3/c1-13(20)14-5-3-7-16(11-14)19-10-9-18(21)15-6-4-8-17(12-15)22-2/h3-13,19-20H,1-2H3/b10-9+/t13-/m0/s1. The van der Waals surface area contributed by atoms with E-state index in [2.05, 4.69) is 5.32 Å². The number of carbonyl (C=O) groups excluding carboxylic acids is 1. The molecule has 4 nitrogen and oxygen atoms in total. The van der Waals surface area contributed by atoms with E-state index in [1.807, 2.05) is 24.3 Å². The zero-order chi connectivity index (χ0) is 15.9. The van der Waals surface area contributed by atoms with Gasteiger partial charge in [-0.1, -0.05) is 24.3 Å². The predicted octanol–water partition coefficient (Wildman–Crippen LogP) is 3.56. The number of anilines is 1. The molecule has 0 aromatic heterocycles. The first-order valence-electron chi connectivity index (χ1n) is 6.99. The van der Waals surface area contributed by atoms with Crippen molar-refractivity contribution in [2.45, 2.75) is 13.0 Å². The molecule has 2 N–H and O–H groups in total. The average molecular weight is 297 g/mol. The van der Waals surface area contributed by atoms with Gasteiger partial charge >= 0.3 is 0 Å². The smallest absolute Gasteiger partial charge is 0.187 e. The van der Waals surface area contributed by atoms with Crippen molar-refractivity contribution in [3.63, 3.8) is 0 Å². The molecule has 0 saturated carbocycles. The molecule has 1 atom stereocenters. The van der Waals surface area contributed by atoms with E-state index in [1.165, 1.54) is 6.08 Å². The lowest BCUT2D eigenvalue weighted by atomic mass is 10.1. The summed E-state index contributed by atoms with van der Waals surface area (Å²) in [5, 5.41) is 12.6. The molecule has 2 aromatic rings. The number of carbonyl (C=O) groups is 1. The molecular weight excluding hydrogens is 278 g/mol. The molecule has 0 bridgehead atoms. The molecule has 0 saturated heterocycles. The summed E-state index contributed by atoms with van der Waals surface area (Å²) in [7, 11) is 1.57. The molecule has 0 unspecified atom stereocenters. The topological polar surface area (TPSA) is 58.6 Å². The van der Waals surface area contributed by atoms with E-state index >= 15 is 0 Å². The monoisotopic (exact) mass is 297 g/mol. The third-order valence-corrected chi connectivity index (χ3v) is 3.21. The van der Waals surface area contributed by atoms with Crippen LogP contribution in [0.4, 0.5) is 5.69 Å². The van der Waals surface area contributed by atoms with Crippen LogP contribution >= 0.6 is 0 Å². The van der Waals surface area contributed by atoms with E-state index in [0.29, 0.717) is 11.3 Å². The minimum atomic E-state index is -0.524. The van der Waals surface area contributed by atoms with Crippen molar-refractivity contribution in [1.29, 1.82) is 0 Å². The second-order valence-electron chi connectivity index (χ2n) is 4.88. The van der Waals surface area contributed by atoms with Crippen LogP contribution in [0.15, 0.2) is 60.8 Å². The molecule has 114 valence electrons. The van der Waals surface area contributed by atoms with Crippen molar-refractivity contribution in [1.82, 2.24) is 0 Å². The minimum Gasteiger partial charge on any atom is -0.497 e. The molecule has 2 rings (SSSR count). The van der Waals surface area contributed by atoms with E-state index in [-0.39, 0.29) is 5.78 Å². The van der Waals surface area contributed by atoms with Gasteiger partial charge in [0, 0.05) is 23.5 Å². The summed E-state index contributed by atoms with van der Waals surface area (Å²) < 4.78 is 5.10. The first-order chi connectivity index (χ1) is 10.6. The predicted molar refractivity (Wildman–Crippen MR) is 87.2 cm³/mol. The number of hydrogen-bond acceptors (Lipinski definition) is 4. The number of aliphatic hydroxyl groups excluding tert-OH is 1. The van der Waals surface area contributed by atoms with Gasteiger partial charge in [-0.3, -0.25) is 4.79 Å². The summed E-state index contributed by atoms with van der Waals surface area (Å²) >= 11 is 0. The van der Waals surface area contributed by atoms with Crippen LogP contribution in [0.3, 0.4) is 0 Å². The van der Waals surface area contributed by atoms with Crippen LogP contribution in [-0.2, 0) is 0 Å². The van der Waals surface area contributed by atoms with Crippen LogP contribution in [0.5, 0.6) is 5.75 Å². The number of benzene rings is 2. The van der Waals surface area contributed by atoms with Gasteiger partial charge < -0.3 is 15.2 Å². The molecule has 0 amide bonds. The van der Waals surface area contributed by atoms with Crippen LogP contribution < -0.4 is 10.1 Å². The highest BCUT2D eigenvalue weighted by molar-refractivity contribution is 6.04. The molecule has 0 aliphatic rings. The maximum Gasteiger partial charge on any atom is 0.187 e. The third kappa shape index (κ3) is 4.20. The molecule has 0 heterocycles. The number of hydrogen-bond donors (Lipinski definition) is 2. The van der Waals surface area contributed by atoms with Gasteiger partial charge in [0.1, 0.15) is 5.75 Å². The number of ketones is 1. The Morgan fingerprint density at radius 3 is 2.73 bits per heavy atom. The lowest BCUT2D eigenvalue weighted by molar-refractivity contribution is 0.104. The zero-order valence-corrected chi connectivity index (χ0v) is 12.6. The van der Waals surface area contributed by atoms with Gasteiger partial charge in [0.25, 0.3) is 0 Å². The Labute approximate surface area is 130 Å². The first kappa shape index (κ1) is 15.8. The number of aliphatic hydroxyl groups is 1. The average Bonchev–Trinajstić information content (AvgIpc) is 2.55. The van der Waals surface area contributed by atoms with E-state index in [1.54, 1.807) is 44.5 Å². The van der Waals surface area contributed by atoms with Gasteiger partial charge in [-0.15, -0.1) is 0 Å². The summed E-state index contributed by atoms with van der Waals surface area (Å²) in [4.78, 5) is 12.1. The summed E-state index contributed by atoms with van der Waals surface area (Å²) in [5.41, 5.74) is 2.20. The Kier molecular flexibility index (Phi) is 5.33. The number of rotatable bonds is 6. The fraction of sp³-hybridized carbons (Fsp3) is 0.167. The third-order valence-electron chi connectivity index (χ3n) is 3.21. The summed E-state index contributed by atoms with van der Waals surface area (Å²) in [5.74, 6) is 0.537. The minimum absolute atomic E-state index is 0.113. The summed E-state index contributed by atoms with van der Waals surface area (Å²) in [6.45, 7) is 1.71. The van der Waals surface area contributed by atoms with Crippen LogP contribution in [-0.4, -0.2) is 18.0 Å². The molecule has 0 spiro atoms. The Morgan fingerprint density at radius 1 is 1.23 bits per heavy atom. The molecule has 0 aliphatic heterocycles. The molecule has 4 heteroatoms. The Morgan fingerprint density at radius 2 is 2.00 bits per heavy atom. The van der Waals surface area contributed by atoms with Crippen molar-refractivity contribution in [2.24, 2.45) is 0 Å². The SMILES string of the molecule is COc1cccc(C(=O)/C=C/Nc2cccc([C@H](C)O)c2)c1. The summed E-state index contributed by atoms with van der Waals surface area (Å²) in [6, 6.07) is 14.4. The lowest BCUT2D eigenvalue weighted by Gasteiger charge is -2.07. The van der Waals surface area contributed by atoms with Gasteiger partial charge in [0.15, 0.2) is 5.78 Å². The molecule has 0 radical (unpaired) electrons. The van der Waals surface area contributed by atoms with Crippen LogP contribution in [0.2, 0.25) is 0 Å². The molecular formula is C18H19NO3.